The minimum Gasteiger partial charge on any atom is -0.354 e. The lowest BCUT2D eigenvalue weighted by molar-refractivity contribution is 0.387. The Morgan fingerprint density at radius 3 is 2.43 bits per heavy atom. The van der Waals surface area contributed by atoms with E-state index in [9.17, 15) is 8.42 Å². The molecule has 5 nitrogen and oxygen atoms in total. The summed E-state index contributed by atoms with van der Waals surface area (Å²) in [5.74, 6) is 0.843. The van der Waals surface area contributed by atoms with E-state index in [-0.39, 0.29) is 0 Å². The van der Waals surface area contributed by atoms with Crippen LogP contribution in [0.3, 0.4) is 0 Å². The predicted molar refractivity (Wildman–Crippen MR) is 93.3 cm³/mol. The highest BCUT2D eigenvalue weighted by Crippen LogP contribution is 2.29. The van der Waals surface area contributed by atoms with Crippen LogP contribution in [0.4, 0.5) is 5.82 Å². The predicted octanol–water partition coefficient (Wildman–Crippen LogP) is 2.48. The van der Waals surface area contributed by atoms with Crippen LogP contribution in [0.1, 0.15) is 0 Å². The Labute approximate surface area is 141 Å². The van der Waals surface area contributed by atoms with Gasteiger partial charge >= 0.3 is 0 Å². The fraction of sp³-hybridized carbons (Fsp3) is 0.312. The van der Waals surface area contributed by atoms with E-state index in [0.717, 1.165) is 16.9 Å². The highest BCUT2D eigenvalue weighted by atomic mass is 35.5. The van der Waals surface area contributed by atoms with Crippen molar-refractivity contribution in [1.29, 1.82) is 0 Å². The number of aromatic nitrogens is 1. The molecule has 0 saturated carbocycles. The molecule has 1 aliphatic heterocycles. The van der Waals surface area contributed by atoms with Crippen molar-refractivity contribution in [2.75, 3.05) is 37.3 Å². The molecular formula is C16H18ClN3O2S. The number of benzene rings is 1. The van der Waals surface area contributed by atoms with Gasteiger partial charge < -0.3 is 4.90 Å². The van der Waals surface area contributed by atoms with Crippen molar-refractivity contribution in [2.24, 2.45) is 0 Å². The number of rotatable bonds is 3. The van der Waals surface area contributed by atoms with E-state index in [0.29, 0.717) is 31.2 Å². The summed E-state index contributed by atoms with van der Waals surface area (Å²) in [6, 6.07) is 11.6. The molecule has 1 fully saturated rings. The minimum absolute atomic E-state index is 0.483. The van der Waals surface area contributed by atoms with Crippen LogP contribution in [0.15, 0.2) is 42.6 Å². The molecule has 2 aromatic rings. The van der Waals surface area contributed by atoms with Gasteiger partial charge in [-0.15, -0.1) is 0 Å². The van der Waals surface area contributed by atoms with Crippen LogP contribution >= 0.6 is 11.6 Å². The number of anilines is 1. The van der Waals surface area contributed by atoms with Gasteiger partial charge in [0.2, 0.25) is 10.0 Å². The number of hydrogen-bond acceptors (Lipinski definition) is 4. The molecule has 1 aromatic carbocycles. The lowest BCUT2D eigenvalue weighted by atomic mass is 10.1. The second-order valence-corrected chi connectivity index (χ2v) is 7.92. The third-order valence-corrected chi connectivity index (χ3v) is 5.59. The quantitative estimate of drug-likeness (QED) is 0.852. The molecule has 0 amide bonds. The fourth-order valence-corrected chi connectivity index (χ4v) is 3.77. The van der Waals surface area contributed by atoms with Crippen LogP contribution in [-0.2, 0) is 10.0 Å². The average molecular weight is 352 g/mol. The summed E-state index contributed by atoms with van der Waals surface area (Å²) in [5, 5.41) is 0.701. The van der Waals surface area contributed by atoms with Crippen molar-refractivity contribution in [3.63, 3.8) is 0 Å². The molecule has 0 N–H and O–H groups in total. The molecule has 0 aliphatic carbocycles. The maximum absolute atomic E-state index is 11.6. The van der Waals surface area contributed by atoms with E-state index in [2.05, 4.69) is 9.88 Å². The molecule has 0 bridgehead atoms. The first-order chi connectivity index (χ1) is 10.9. The lowest BCUT2D eigenvalue weighted by Gasteiger charge is -2.34. The largest absolute Gasteiger partial charge is 0.354 e. The summed E-state index contributed by atoms with van der Waals surface area (Å²) in [6.07, 6.45) is 3.01. The summed E-state index contributed by atoms with van der Waals surface area (Å²) in [5.41, 5.74) is 1.97. The van der Waals surface area contributed by atoms with Gasteiger partial charge in [0.05, 0.1) is 6.26 Å². The summed E-state index contributed by atoms with van der Waals surface area (Å²) in [7, 11) is -3.12. The summed E-state index contributed by atoms with van der Waals surface area (Å²) in [4.78, 5) is 6.52. The molecule has 0 atom stereocenters. The van der Waals surface area contributed by atoms with E-state index in [4.69, 9.17) is 11.6 Å². The number of sulfonamides is 1. The molecule has 2 heterocycles. The van der Waals surface area contributed by atoms with Gasteiger partial charge in [-0.1, -0.05) is 29.8 Å². The Hall–Kier alpha value is -1.63. The third kappa shape index (κ3) is 3.65. The number of nitrogens with zero attached hydrogens (tertiary/aromatic N) is 3. The highest BCUT2D eigenvalue weighted by molar-refractivity contribution is 7.88. The van der Waals surface area contributed by atoms with Gasteiger partial charge in [-0.05, 0) is 23.8 Å². The smallest absolute Gasteiger partial charge is 0.211 e. The number of piperazine rings is 1. The van der Waals surface area contributed by atoms with Crippen molar-refractivity contribution in [3.8, 4) is 11.1 Å². The molecule has 1 aliphatic rings. The van der Waals surface area contributed by atoms with Crippen LogP contribution in [-0.4, -0.2) is 50.1 Å². The SMILES string of the molecule is CS(=O)(=O)N1CCN(c2cc(-c3ccccc3Cl)ccn2)CC1. The van der Waals surface area contributed by atoms with Crippen LogP contribution in [0, 0.1) is 0 Å². The molecule has 0 unspecified atom stereocenters. The van der Waals surface area contributed by atoms with Crippen molar-refractivity contribution in [2.45, 2.75) is 0 Å². The molecule has 1 aromatic heterocycles. The number of halogens is 1. The van der Waals surface area contributed by atoms with Crippen molar-refractivity contribution in [3.05, 3.63) is 47.6 Å². The Morgan fingerprint density at radius 2 is 1.78 bits per heavy atom. The maximum Gasteiger partial charge on any atom is 0.211 e. The minimum atomic E-state index is -3.12. The Balaban J connectivity index is 1.81. The Kier molecular flexibility index (Phi) is 4.57. The summed E-state index contributed by atoms with van der Waals surface area (Å²) >= 11 is 6.26. The zero-order valence-corrected chi connectivity index (χ0v) is 14.4. The van der Waals surface area contributed by atoms with E-state index >= 15 is 0 Å². The normalized spacial score (nSPS) is 16.5. The number of hydrogen-bond donors (Lipinski definition) is 0. The third-order valence-electron chi connectivity index (χ3n) is 3.96. The zero-order valence-electron chi connectivity index (χ0n) is 12.8. The van der Waals surface area contributed by atoms with Gasteiger partial charge in [-0.25, -0.2) is 13.4 Å². The summed E-state index contributed by atoms with van der Waals surface area (Å²) < 4.78 is 24.7. The molecule has 23 heavy (non-hydrogen) atoms. The van der Waals surface area contributed by atoms with Crippen LogP contribution in [0.5, 0.6) is 0 Å². The van der Waals surface area contributed by atoms with Crippen molar-refractivity contribution >= 4 is 27.4 Å². The molecular weight excluding hydrogens is 334 g/mol. The first kappa shape index (κ1) is 16.2. The van der Waals surface area contributed by atoms with Crippen LogP contribution in [0.2, 0.25) is 5.02 Å². The van der Waals surface area contributed by atoms with Gasteiger partial charge in [0, 0.05) is 43.0 Å². The van der Waals surface area contributed by atoms with Gasteiger partial charge in [-0.3, -0.25) is 0 Å². The lowest BCUT2D eigenvalue weighted by Crippen LogP contribution is -2.48. The van der Waals surface area contributed by atoms with Crippen molar-refractivity contribution in [1.82, 2.24) is 9.29 Å². The van der Waals surface area contributed by atoms with Gasteiger partial charge in [0.25, 0.3) is 0 Å². The van der Waals surface area contributed by atoms with Crippen LogP contribution in [0.25, 0.3) is 11.1 Å². The van der Waals surface area contributed by atoms with Crippen molar-refractivity contribution < 1.29 is 8.42 Å². The molecule has 0 spiro atoms. The molecule has 1 saturated heterocycles. The van der Waals surface area contributed by atoms with Gasteiger partial charge in [-0.2, -0.15) is 4.31 Å². The van der Waals surface area contributed by atoms with E-state index in [1.807, 2.05) is 36.4 Å². The van der Waals surface area contributed by atoms with E-state index in [1.54, 1.807) is 6.20 Å². The summed E-state index contributed by atoms with van der Waals surface area (Å²) in [6.45, 7) is 2.23. The molecule has 0 radical (unpaired) electrons. The molecule has 3 rings (SSSR count). The Morgan fingerprint density at radius 1 is 1.09 bits per heavy atom. The Bertz CT molecular complexity index is 802. The second kappa shape index (κ2) is 6.47. The second-order valence-electron chi connectivity index (χ2n) is 5.53. The monoisotopic (exact) mass is 351 g/mol. The first-order valence-electron chi connectivity index (χ1n) is 7.36. The van der Waals surface area contributed by atoms with E-state index in [1.165, 1.54) is 10.6 Å². The topological polar surface area (TPSA) is 53.5 Å². The van der Waals surface area contributed by atoms with E-state index < -0.39 is 10.0 Å². The number of pyridine rings is 1. The molecule has 7 heteroatoms. The zero-order chi connectivity index (χ0) is 16.4. The van der Waals surface area contributed by atoms with Crippen LogP contribution < -0.4 is 4.90 Å². The first-order valence-corrected chi connectivity index (χ1v) is 9.59. The van der Waals surface area contributed by atoms with Gasteiger partial charge in [0.15, 0.2) is 0 Å². The highest BCUT2D eigenvalue weighted by Gasteiger charge is 2.24. The maximum atomic E-state index is 11.6. The fourth-order valence-electron chi connectivity index (χ4n) is 2.70. The average Bonchev–Trinajstić information content (AvgIpc) is 2.55. The molecule has 122 valence electrons. The van der Waals surface area contributed by atoms with Gasteiger partial charge in [0.1, 0.15) is 5.82 Å². The standard InChI is InChI=1S/C16H18ClN3O2S/c1-23(21,22)20-10-8-19(9-11-20)16-12-13(6-7-18-16)14-4-2-3-5-15(14)17/h2-7,12H,8-11H2,1H3.